The molecule has 178 valence electrons. The lowest BCUT2D eigenvalue weighted by molar-refractivity contribution is 0.0731. The summed E-state index contributed by atoms with van der Waals surface area (Å²) >= 11 is 0. The number of nitrogens with one attached hydrogen (secondary N) is 1. The quantitative estimate of drug-likeness (QED) is 0.373. The SMILES string of the molecule is Cc1ccc(C(=O)Oc2cc(OC(=O)c3ccc(C)cc3)cc([C@@H](O)CNC(C)(C)C)c2)cc1. The van der Waals surface area contributed by atoms with Crippen LogP contribution >= 0.6 is 0 Å². The maximum Gasteiger partial charge on any atom is 0.343 e. The van der Waals surface area contributed by atoms with Crippen molar-refractivity contribution < 1.29 is 24.2 Å². The maximum absolute atomic E-state index is 12.6. The number of rotatable bonds is 7. The molecule has 0 saturated heterocycles. The number of ether oxygens (including phenoxy) is 2. The standard InChI is InChI=1S/C28H31NO5/c1-18-6-10-20(11-7-18)26(31)33-23-14-22(25(30)17-29-28(3,4)5)15-24(16-23)34-27(32)21-12-8-19(2)9-13-21/h6-16,25,29-30H,17H2,1-5H3/t25-/m0/s1. The second kappa shape index (κ2) is 10.6. The monoisotopic (exact) mass is 461 g/mol. The van der Waals surface area contributed by atoms with Gasteiger partial charge in [0.2, 0.25) is 0 Å². The van der Waals surface area contributed by atoms with E-state index in [0.717, 1.165) is 11.1 Å². The second-order valence-corrected chi connectivity index (χ2v) is 9.40. The predicted octanol–water partition coefficient (Wildman–Crippen LogP) is 5.16. The zero-order valence-corrected chi connectivity index (χ0v) is 20.2. The first-order chi connectivity index (χ1) is 16.0. The highest BCUT2D eigenvalue weighted by Gasteiger charge is 2.18. The molecule has 3 aromatic carbocycles. The van der Waals surface area contributed by atoms with E-state index in [1.165, 1.54) is 6.07 Å². The average molecular weight is 462 g/mol. The first-order valence-corrected chi connectivity index (χ1v) is 11.2. The Bertz CT molecular complexity index is 1070. The van der Waals surface area contributed by atoms with Gasteiger partial charge in [0.15, 0.2) is 0 Å². The van der Waals surface area contributed by atoms with Gasteiger partial charge in [-0.05, 0) is 76.6 Å². The molecule has 0 spiro atoms. The Morgan fingerprint density at radius 1 is 0.794 bits per heavy atom. The van der Waals surface area contributed by atoms with Crippen LogP contribution in [0.25, 0.3) is 0 Å². The van der Waals surface area contributed by atoms with Gasteiger partial charge >= 0.3 is 11.9 Å². The Kier molecular flexibility index (Phi) is 7.87. The molecule has 0 radical (unpaired) electrons. The summed E-state index contributed by atoms with van der Waals surface area (Å²) in [7, 11) is 0. The van der Waals surface area contributed by atoms with E-state index in [0.29, 0.717) is 16.7 Å². The first-order valence-electron chi connectivity index (χ1n) is 11.2. The van der Waals surface area contributed by atoms with Crippen molar-refractivity contribution in [3.8, 4) is 11.5 Å². The van der Waals surface area contributed by atoms with E-state index < -0.39 is 18.0 Å². The van der Waals surface area contributed by atoms with Crippen LogP contribution in [-0.2, 0) is 0 Å². The van der Waals surface area contributed by atoms with Crippen molar-refractivity contribution in [3.05, 3.63) is 94.5 Å². The minimum Gasteiger partial charge on any atom is -0.423 e. The van der Waals surface area contributed by atoms with Crippen molar-refractivity contribution in [2.24, 2.45) is 0 Å². The molecule has 0 heterocycles. The number of carbonyl (C=O) groups is 2. The zero-order chi connectivity index (χ0) is 24.9. The lowest BCUT2D eigenvalue weighted by Crippen LogP contribution is -2.38. The fourth-order valence-electron chi connectivity index (χ4n) is 3.14. The largest absolute Gasteiger partial charge is 0.423 e. The topological polar surface area (TPSA) is 84.9 Å². The van der Waals surface area contributed by atoms with E-state index in [4.69, 9.17) is 9.47 Å². The molecule has 0 fully saturated rings. The highest BCUT2D eigenvalue weighted by molar-refractivity contribution is 5.92. The third-order valence-electron chi connectivity index (χ3n) is 5.11. The number of aryl methyl sites for hydroxylation is 2. The minimum atomic E-state index is -0.908. The highest BCUT2D eigenvalue weighted by atomic mass is 16.5. The summed E-state index contributed by atoms with van der Waals surface area (Å²) in [4.78, 5) is 25.3. The Balaban J connectivity index is 1.87. The lowest BCUT2D eigenvalue weighted by atomic mass is 10.1. The van der Waals surface area contributed by atoms with Crippen LogP contribution in [-0.4, -0.2) is 29.1 Å². The van der Waals surface area contributed by atoms with Gasteiger partial charge in [0.05, 0.1) is 17.2 Å². The summed E-state index contributed by atoms with van der Waals surface area (Å²) < 4.78 is 11.1. The predicted molar refractivity (Wildman–Crippen MR) is 131 cm³/mol. The molecule has 0 aromatic heterocycles. The number of esters is 2. The highest BCUT2D eigenvalue weighted by Crippen LogP contribution is 2.28. The number of hydrogen-bond donors (Lipinski definition) is 2. The van der Waals surface area contributed by atoms with Crippen LogP contribution in [0.1, 0.15) is 64.3 Å². The number of hydrogen-bond acceptors (Lipinski definition) is 6. The summed E-state index contributed by atoms with van der Waals surface area (Å²) in [6, 6.07) is 18.6. The molecule has 6 nitrogen and oxygen atoms in total. The van der Waals surface area contributed by atoms with Crippen molar-refractivity contribution in [1.29, 1.82) is 0 Å². The van der Waals surface area contributed by atoms with Crippen molar-refractivity contribution in [2.75, 3.05) is 6.54 Å². The molecule has 0 aliphatic carbocycles. The van der Waals surface area contributed by atoms with Crippen LogP contribution < -0.4 is 14.8 Å². The molecule has 0 aliphatic rings. The first kappa shape index (κ1) is 25.1. The van der Waals surface area contributed by atoms with Crippen LogP contribution in [0.2, 0.25) is 0 Å². The third kappa shape index (κ3) is 7.27. The van der Waals surface area contributed by atoms with Gasteiger partial charge in [0.1, 0.15) is 11.5 Å². The summed E-state index contributed by atoms with van der Waals surface area (Å²) in [6.45, 7) is 10.1. The summed E-state index contributed by atoms with van der Waals surface area (Å²) in [6.07, 6.45) is -0.908. The van der Waals surface area contributed by atoms with Gasteiger partial charge in [-0.3, -0.25) is 0 Å². The molecule has 0 amide bonds. The van der Waals surface area contributed by atoms with Crippen molar-refractivity contribution in [3.63, 3.8) is 0 Å². The van der Waals surface area contributed by atoms with Gasteiger partial charge in [-0.15, -0.1) is 0 Å². The van der Waals surface area contributed by atoms with E-state index in [2.05, 4.69) is 5.32 Å². The molecule has 3 rings (SSSR count). The zero-order valence-electron chi connectivity index (χ0n) is 20.2. The van der Waals surface area contributed by atoms with Crippen molar-refractivity contribution >= 4 is 11.9 Å². The van der Waals surface area contributed by atoms with Crippen LogP contribution in [0.4, 0.5) is 0 Å². The molecular weight excluding hydrogens is 430 g/mol. The maximum atomic E-state index is 12.6. The molecule has 0 aliphatic heterocycles. The van der Waals surface area contributed by atoms with Gasteiger partial charge < -0.3 is 19.9 Å². The molecule has 0 bridgehead atoms. The van der Waals surface area contributed by atoms with E-state index in [1.54, 1.807) is 36.4 Å². The van der Waals surface area contributed by atoms with E-state index in [-0.39, 0.29) is 23.6 Å². The molecule has 0 unspecified atom stereocenters. The van der Waals surface area contributed by atoms with Crippen molar-refractivity contribution in [2.45, 2.75) is 46.3 Å². The Labute approximate surface area is 200 Å². The Morgan fingerprint density at radius 2 is 1.21 bits per heavy atom. The van der Waals surface area contributed by atoms with Gasteiger partial charge in [-0.1, -0.05) is 35.4 Å². The molecular formula is C28H31NO5. The van der Waals surface area contributed by atoms with Crippen LogP contribution in [0.5, 0.6) is 11.5 Å². The van der Waals surface area contributed by atoms with E-state index >= 15 is 0 Å². The second-order valence-electron chi connectivity index (χ2n) is 9.40. The number of benzene rings is 3. The molecule has 2 N–H and O–H groups in total. The summed E-state index contributed by atoms with van der Waals surface area (Å²) in [5.74, 6) is -0.750. The molecule has 3 aromatic rings. The lowest BCUT2D eigenvalue weighted by Gasteiger charge is -2.23. The van der Waals surface area contributed by atoms with Crippen LogP contribution in [0.15, 0.2) is 66.7 Å². The number of β-amino-alcohol motifs (C(OH)–C–C–N with tert-alkyl or cyclic N) is 1. The van der Waals surface area contributed by atoms with Gasteiger partial charge in [0.25, 0.3) is 0 Å². The minimum absolute atomic E-state index is 0.171. The fourth-order valence-corrected chi connectivity index (χ4v) is 3.14. The van der Waals surface area contributed by atoms with Crippen LogP contribution in [0, 0.1) is 13.8 Å². The normalized spacial score (nSPS) is 12.2. The number of carbonyl (C=O) groups excluding carboxylic acids is 2. The van der Waals surface area contributed by atoms with Crippen LogP contribution in [0.3, 0.4) is 0 Å². The van der Waals surface area contributed by atoms with E-state index in [9.17, 15) is 14.7 Å². The fraction of sp³-hybridized carbons (Fsp3) is 0.286. The van der Waals surface area contributed by atoms with Crippen molar-refractivity contribution in [1.82, 2.24) is 5.32 Å². The average Bonchev–Trinajstić information content (AvgIpc) is 2.77. The number of aliphatic hydroxyl groups excluding tert-OH is 1. The Hall–Kier alpha value is -3.48. The van der Waals surface area contributed by atoms with Gasteiger partial charge in [0, 0.05) is 18.2 Å². The Morgan fingerprint density at radius 3 is 1.59 bits per heavy atom. The van der Waals surface area contributed by atoms with E-state index in [1.807, 2.05) is 58.9 Å². The summed E-state index contributed by atoms with van der Waals surface area (Å²) in [5, 5.41) is 14.0. The molecule has 34 heavy (non-hydrogen) atoms. The smallest absolute Gasteiger partial charge is 0.343 e. The molecule has 6 heteroatoms. The summed E-state index contributed by atoms with van der Waals surface area (Å²) in [5.41, 5.74) is 3.10. The van der Waals surface area contributed by atoms with Gasteiger partial charge in [-0.25, -0.2) is 9.59 Å². The third-order valence-corrected chi connectivity index (χ3v) is 5.11. The molecule has 1 atom stereocenters. The van der Waals surface area contributed by atoms with Gasteiger partial charge in [-0.2, -0.15) is 0 Å². The molecule has 0 saturated carbocycles. The number of aliphatic hydroxyl groups is 1.